The smallest absolute Gasteiger partial charge is 0.330 e. The Hall–Kier alpha value is -3.49. The second kappa shape index (κ2) is 10.6. The molecule has 0 spiro atoms. The number of hydrogen-bond donors (Lipinski definition) is 1. The lowest BCUT2D eigenvalue weighted by atomic mass is 10.1. The average Bonchev–Trinajstić information content (AvgIpc) is 3.20. The number of carbonyl (C=O) groups excluding carboxylic acids is 1. The summed E-state index contributed by atoms with van der Waals surface area (Å²) in [4.78, 5) is 41.3. The molecule has 8 heteroatoms. The minimum absolute atomic E-state index is 0.195. The Morgan fingerprint density at radius 3 is 2.24 bits per heavy atom. The van der Waals surface area contributed by atoms with Crippen LogP contribution in [0.2, 0.25) is 0 Å². The maximum absolute atomic E-state index is 12.8. The summed E-state index contributed by atoms with van der Waals surface area (Å²) in [5, 5.41) is 0. The number of nitrogens with one attached hydrogen (secondary N) is 1. The number of likely N-dealkylation sites (tertiary alicyclic amines) is 1. The van der Waals surface area contributed by atoms with Crippen LogP contribution in [-0.4, -0.2) is 39.1 Å². The molecule has 1 aliphatic heterocycles. The molecular weight excluding hydrogens is 434 g/mol. The van der Waals surface area contributed by atoms with Gasteiger partial charge in [0.15, 0.2) is 0 Å². The third-order valence-electron chi connectivity index (χ3n) is 6.09. The molecule has 0 aliphatic carbocycles. The molecule has 2 heterocycles. The summed E-state index contributed by atoms with van der Waals surface area (Å²) in [5.74, 6) is -0.195. The van der Waals surface area contributed by atoms with Gasteiger partial charge in [-0.1, -0.05) is 60.7 Å². The van der Waals surface area contributed by atoms with Crippen LogP contribution in [0.5, 0.6) is 0 Å². The molecule has 178 valence electrons. The Bertz CT molecular complexity index is 1220. The number of ether oxygens (including phenoxy) is 2. The van der Waals surface area contributed by atoms with Gasteiger partial charge in [0.1, 0.15) is 6.17 Å². The van der Waals surface area contributed by atoms with Crippen LogP contribution in [0.1, 0.15) is 36.2 Å². The topological polar surface area (TPSA) is 93.6 Å². The summed E-state index contributed by atoms with van der Waals surface area (Å²) in [6.07, 6.45) is 0.955. The molecule has 34 heavy (non-hydrogen) atoms. The maximum atomic E-state index is 12.8. The first-order valence-corrected chi connectivity index (χ1v) is 11.3. The second-order valence-corrected chi connectivity index (χ2v) is 8.52. The maximum Gasteiger partial charge on any atom is 0.330 e. The summed E-state index contributed by atoms with van der Waals surface area (Å²) < 4.78 is 13.7. The molecule has 0 bridgehead atoms. The lowest BCUT2D eigenvalue weighted by molar-refractivity contribution is -0.136. The highest BCUT2D eigenvalue weighted by atomic mass is 16.5. The Morgan fingerprint density at radius 2 is 1.62 bits per heavy atom. The first-order chi connectivity index (χ1) is 16.4. The van der Waals surface area contributed by atoms with Crippen LogP contribution in [0.25, 0.3) is 0 Å². The van der Waals surface area contributed by atoms with Crippen molar-refractivity contribution in [2.24, 2.45) is 0 Å². The van der Waals surface area contributed by atoms with Gasteiger partial charge in [0.05, 0.1) is 32.0 Å². The van der Waals surface area contributed by atoms with Crippen molar-refractivity contribution in [1.29, 1.82) is 0 Å². The molecule has 8 nitrogen and oxygen atoms in total. The summed E-state index contributed by atoms with van der Waals surface area (Å²) >= 11 is 0. The van der Waals surface area contributed by atoms with E-state index in [9.17, 15) is 14.4 Å². The molecule has 1 amide bonds. The van der Waals surface area contributed by atoms with E-state index in [2.05, 4.69) is 4.98 Å². The second-order valence-electron chi connectivity index (χ2n) is 8.52. The van der Waals surface area contributed by atoms with E-state index >= 15 is 0 Å². The van der Waals surface area contributed by atoms with Crippen LogP contribution in [0.3, 0.4) is 0 Å². The van der Waals surface area contributed by atoms with Crippen LogP contribution in [0.4, 0.5) is 0 Å². The molecule has 1 N–H and O–H groups in total. The van der Waals surface area contributed by atoms with E-state index in [1.807, 2.05) is 60.7 Å². The number of carbonyl (C=O) groups is 1. The number of hydrogen-bond acceptors (Lipinski definition) is 5. The number of benzene rings is 2. The standard InChI is InChI=1S/C26H29N3O5/c1-18-14-28(26(32)27-25(18)31)24-13-23(34-16-21-11-7-4-8-12-21)22(29(24)19(2)30)17-33-15-20-9-5-3-6-10-20/h3-12,14,22-24H,13,15-17H2,1-2H3,(H,27,31,32)/t22-,23+,24-/m1/s1. The largest absolute Gasteiger partial charge is 0.375 e. The first kappa shape index (κ1) is 23.7. The van der Waals surface area contributed by atoms with Gasteiger partial charge in [-0.05, 0) is 18.1 Å². The number of aryl methyl sites for hydroxylation is 1. The van der Waals surface area contributed by atoms with Crippen molar-refractivity contribution in [3.05, 3.63) is 104 Å². The third-order valence-corrected chi connectivity index (χ3v) is 6.09. The molecular formula is C26H29N3O5. The van der Waals surface area contributed by atoms with Crippen molar-refractivity contribution in [3.8, 4) is 0 Å². The zero-order chi connectivity index (χ0) is 24.1. The fourth-order valence-electron chi connectivity index (χ4n) is 4.39. The molecule has 1 saturated heterocycles. The van der Waals surface area contributed by atoms with E-state index in [0.717, 1.165) is 11.1 Å². The fraction of sp³-hybridized carbons (Fsp3) is 0.346. The quantitative estimate of drug-likeness (QED) is 0.555. The number of aromatic amines is 1. The fourth-order valence-corrected chi connectivity index (χ4v) is 4.39. The summed E-state index contributed by atoms with van der Waals surface area (Å²) in [5.41, 5.74) is 1.45. The zero-order valence-corrected chi connectivity index (χ0v) is 19.3. The van der Waals surface area contributed by atoms with Gasteiger partial charge in [0.25, 0.3) is 5.56 Å². The molecule has 1 fully saturated rings. The van der Waals surface area contributed by atoms with Crippen molar-refractivity contribution in [2.75, 3.05) is 6.61 Å². The normalized spacial score (nSPS) is 19.9. The van der Waals surface area contributed by atoms with Gasteiger partial charge in [-0.15, -0.1) is 0 Å². The summed E-state index contributed by atoms with van der Waals surface area (Å²) in [7, 11) is 0. The Kier molecular flexibility index (Phi) is 7.40. The molecule has 1 aliphatic rings. The molecule has 4 rings (SSSR count). The molecule has 0 radical (unpaired) electrons. The van der Waals surface area contributed by atoms with E-state index in [4.69, 9.17) is 9.47 Å². The molecule has 3 aromatic rings. The van der Waals surface area contributed by atoms with Crippen LogP contribution >= 0.6 is 0 Å². The van der Waals surface area contributed by atoms with Crippen LogP contribution < -0.4 is 11.2 Å². The summed E-state index contributed by atoms with van der Waals surface area (Å²) in [6, 6.07) is 19.2. The van der Waals surface area contributed by atoms with Crippen molar-refractivity contribution in [1.82, 2.24) is 14.5 Å². The molecule has 1 aromatic heterocycles. The van der Waals surface area contributed by atoms with Crippen molar-refractivity contribution in [3.63, 3.8) is 0 Å². The van der Waals surface area contributed by atoms with Gasteiger partial charge in [-0.3, -0.25) is 19.1 Å². The third kappa shape index (κ3) is 5.35. The minimum atomic E-state index is -0.591. The number of amides is 1. The molecule has 0 unspecified atom stereocenters. The lowest BCUT2D eigenvalue weighted by Gasteiger charge is -2.31. The van der Waals surface area contributed by atoms with E-state index in [1.54, 1.807) is 11.8 Å². The average molecular weight is 464 g/mol. The van der Waals surface area contributed by atoms with E-state index < -0.39 is 23.5 Å². The van der Waals surface area contributed by atoms with E-state index in [0.29, 0.717) is 25.2 Å². The number of nitrogens with zero attached hydrogens (tertiary/aromatic N) is 2. The van der Waals surface area contributed by atoms with Crippen molar-refractivity contribution in [2.45, 2.75) is 51.8 Å². The van der Waals surface area contributed by atoms with Gasteiger partial charge in [0, 0.05) is 25.1 Å². The highest BCUT2D eigenvalue weighted by Gasteiger charge is 2.45. The van der Waals surface area contributed by atoms with Gasteiger partial charge in [-0.2, -0.15) is 0 Å². The SMILES string of the molecule is CC(=O)N1[C@H](COCc2ccccc2)[C@@H](OCc2ccccc2)C[C@@H]1n1cc(C)c(=O)[nH]c1=O. The lowest BCUT2D eigenvalue weighted by Crippen LogP contribution is -2.46. The van der Waals surface area contributed by atoms with Gasteiger partial charge >= 0.3 is 5.69 Å². The minimum Gasteiger partial charge on any atom is -0.375 e. The van der Waals surface area contributed by atoms with Crippen LogP contribution in [-0.2, 0) is 27.5 Å². The predicted octanol–water partition coefficient (Wildman–Crippen LogP) is 2.77. The van der Waals surface area contributed by atoms with E-state index in [1.165, 1.54) is 17.7 Å². The van der Waals surface area contributed by atoms with E-state index in [-0.39, 0.29) is 18.6 Å². The monoisotopic (exact) mass is 463 g/mol. The molecule has 2 aromatic carbocycles. The summed E-state index contributed by atoms with van der Waals surface area (Å²) in [6.45, 7) is 4.13. The highest BCUT2D eigenvalue weighted by Crippen LogP contribution is 2.34. The highest BCUT2D eigenvalue weighted by molar-refractivity contribution is 5.74. The predicted molar refractivity (Wildman–Crippen MR) is 127 cm³/mol. The van der Waals surface area contributed by atoms with Crippen molar-refractivity contribution >= 4 is 5.91 Å². The number of rotatable bonds is 8. The van der Waals surface area contributed by atoms with Gasteiger partial charge in [0.2, 0.25) is 5.91 Å². The van der Waals surface area contributed by atoms with Crippen LogP contribution in [0, 0.1) is 6.92 Å². The molecule has 0 saturated carbocycles. The first-order valence-electron chi connectivity index (χ1n) is 11.3. The Morgan fingerprint density at radius 1 is 1.00 bits per heavy atom. The van der Waals surface area contributed by atoms with Crippen molar-refractivity contribution < 1.29 is 14.3 Å². The number of H-pyrrole nitrogens is 1. The van der Waals surface area contributed by atoms with Crippen LogP contribution in [0.15, 0.2) is 76.4 Å². The number of aromatic nitrogens is 2. The Labute approximate surface area is 197 Å². The molecule has 3 atom stereocenters. The Balaban J connectivity index is 1.60. The van der Waals surface area contributed by atoms with Gasteiger partial charge < -0.3 is 14.4 Å². The zero-order valence-electron chi connectivity index (χ0n) is 19.3. The van der Waals surface area contributed by atoms with Gasteiger partial charge in [-0.25, -0.2) is 4.79 Å².